The third-order valence-corrected chi connectivity index (χ3v) is 2.61. The molecule has 0 aromatic carbocycles. The number of rotatable bonds is 16. The van der Waals surface area contributed by atoms with Crippen LogP contribution in [-0.2, 0) is 28.5 Å². The Bertz CT molecular complexity index is 302. The van der Waals surface area contributed by atoms with E-state index < -0.39 is 0 Å². The minimum absolute atomic E-state index is 0.0648. The molecule has 8 heteroatoms. The topological polar surface area (TPSA) is 95.1 Å². The first-order valence-corrected chi connectivity index (χ1v) is 7.99. The van der Waals surface area contributed by atoms with E-state index in [9.17, 15) is 9.59 Å². The smallest absolute Gasteiger partial charge is 0.222 e. The fourth-order valence-corrected chi connectivity index (χ4v) is 1.50. The van der Waals surface area contributed by atoms with E-state index in [0.717, 1.165) is 0 Å². The maximum absolute atomic E-state index is 11.5. The quantitative estimate of drug-likeness (QED) is 0.377. The Hall–Kier alpha value is -1.22. The summed E-state index contributed by atoms with van der Waals surface area (Å²) in [5, 5.41) is 5.37. The summed E-state index contributed by atoms with van der Waals surface area (Å²) in [5.41, 5.74) is 0. The summed E-state index contributed by atoms with van der Waals surface area (Å²) in [6.07, 6.45) is 0.310. The second kappa shape index (κ2) is 17.1. The van der Waals surface area contributed by atoms with Crippen molar-refractivity contribution < 1.29 is 28.5 Å². The van der Waals surface area contributed by atoms with Crippen LogP contribution >= 0.6 is 0 Å². The molecule has 0 atom stereocenters. The number of carbonyl (C=O) groups is 2. The van der Waals surface area contributed by atoms with Crippen LogP contribution in [0.3, 0.4) is 0 Å². The van der Waals surface area contributed by atoms with E-state index in [2.05, 4.69) is 10.6 Å². The summed E-state index contributed by atoms with van der Waals surface area (Å²) in [5.74, 6) is -0.138. The second-order valence-corrected chi connectivity index (χ2v) is 4.62. The van der Waals surface area contributed by atoms with Crippen molar-refractivity contribution in [1.29, 1.82) is 0 Å². The van der Waals surface area contributed by atoms with E-state index in [1.807, 2.05) is 6.92 Å². The van der Waals surface area contributed by atoms with Crippen molar-refractivity contribution in [2.45, 2.75) is 20.3 Å². The van der Waals surface area contributed by atoms with E-state index in [-0.39, 0.29) is 11.8 Å². The number of hydrogen-bond acceptors (Lipinski definition) is 6. The number of amides is 2. The van der Waals surface area contributed by atoms with Gasteiger partial charge in [-0.2, -0.15) is 0 Å². The van der Waals surface area contributed by atoms with E-state index in [0.29, 0.717) is 72.4 Å². The van der Waals surface area contributed by atoms with Gasteiger partial charge in [-0.15, -0.1) is 0 Å². The molecule has 0 aliphatic rings. The van der Waals surface area contributed by atoms with Gasteiger partial charge in [0, 0.05) is 33.0 Å². The third kappa shape index (κ3) is 18.7. The molecule has 0 spiro atoms. The highest BCUT2D eigenvalue weighted by Crippen LogP contribution is 1.85. The van der Waals surface area contributed by atoms with Gasteiger partial charge < -0.3 is 29.6 Å². The van der Waals surface area contributed by atoms with Crippen molar-refractivity contribution in [2.24, 2.45) is 0 Å². The Balaban J connectivity index is 3.17. The van der Waals surface area contributed by atoms with Crippen molar-refractivity contribution in [1.82, 2.24) is 10.6 Å². The number of carbonyl (C=O) groups excluding carboxylic acids is 2. The van der Waals surface area contributed by atoms with Crippen LogP contribution in [0.1, 0.15) is 20.3 Å². The molecule has 8 nitrogen and oxygen atoms in total. The first kappa shape index (κ1) is 21.8. The molecule has 2 amide bonds. The van der Waals surface area contributed by atoms with Crippen LogP contribution in [0.5, 0.6) is 0 Å². The predicted octanol–water partition coefficient (Wildman–Crippen LogP) is -0.285. The molecule has 0 bridgehead atoms. The van der Waals surface area contributed by atoms with Crippen LogP contribution in [0.4, 0.5) is 0 Å². The van der Waals surface area contributed by atoms with Crippen molar-refractivity contribution >= 4 is 11.8 Å². The molecule has 0 saturated heterocycles. The lowest BCUT2D eigenvalue weighted by Gasteiger charge is -2.08. The maximum Gasteiger partial charge on any atom is 0.222 e. The Labute approximate surface area is 138 Å². The standard InChI is InChI=1S/C15H30N2O6/c1-3-20-10-11-23-9-6-17-15(19)4-7-21-12-13-22-8-5-16-14(2)18/h3-13H2,1-2H3,(H,16,18)(H,17,19). The van der Waals surface area contributed by atoms with Crippen LogP contribution in [0.15, 0.2) is 0 Å². The summed E-state index contributed by atoms with van der Waals surface area (Å²) >= 11 is 0. The molecule has 0 aliphatic heterocycles. The summed E-state index contributed by atoms with van der Waals surface area (Å²) < 4.78 is 20.9. The van der Waals surface area contributed by atoms with Gasteiger partial charge in [-0.1, -0.05) is 0 Å². The fourth-order valence-electron chi connectivity index (χ4n) is 1.50. The van der Waals surface area contributed by atoms with Gasteiger partial charge in [-0.3, -0.25) is 9.59 Å². The lowest BCUT2D eigenvalue weighted by molar-refractivity contribution is -0.122. The molecule has 23 heavy (non-hydrogen) atoms. The molecule has 0 aliphatic carbocycles. The molecule has 0 fully saturated rings. The van der Waals surface area contributed by atoms with E-state index in [4.69, 9.17) is 18.9 Å². The first-order valence-electron chi connectivity index (χ1n) is 7.99. The lowest BCUT2D eigenvalue weighted by Crippen LogP contribution is -2.28. The first-order chi connectivity index (χ1) is 11.2. The summed E-state index contributed by atoms with van der Waals surface area (Å²) in [4.78, 5) is 22.1. The van der Waals surface area contributed by atoms with Gasteiger partial charge in [-0.25, -0.2) is 0 Å². The van der Waals surface area contributed by atoms with Crippen LogP contribution < -0.4 is 10.6 Å². The SMILES string of the molecule is CCOCCOCCNC(=O)CCOCCOCCNC(C)=O. The fraction of sp³-hybridized carbons (Fsp3) is 0.867. The predicted molar refractivity (Wildman–Crippen MR) is 85.3 cm³/mol. The van der Waals surface area contributed by atoms with Crippen LogP contribution in [-0.4, -0.2) is 77.8 Å². The van der Waals surface area contributed by atoms with Crippen molar-refractivity contribution in [2.75, 3.05) is 65.9 Å². The van der Waals surface area contributed by atoms with Crippen LogP contribution in [0.25, 0.3) is 0 Å². The Morgan fingerprint density at radius 3 is 1.83 bits per heavy atom. The number of nitrogens with one attached hydrogen (secondary N) is 2. The lowest BCUT2D eigenvalue weighted by atomic mass is 10.4. The largest absolute Gasteiger partial charge is 0.379 e. The monoisotopic (exact) mass is 334 g/mol. The molecule has 0 aromatic rings. The zero-order valence-electron chi connectivity index (χ0n) is 14.2. The molecule has 136 valence electrons. The summed E-state index contributed by atoms with van der Waals surface area (Å²) in [6, 6.07) is 0. The minimum atomic E-state index is -0.0736. The molecule has 0 aromatic heterocycles. The van der Waals surface area contributed by atoms with Gasteiger partial charge in [0.1, 0.15) is 0 Å². The van der Waals surface area contributed by atoms with Gasteiger partial charge in [-0.05, 0) is 6.92 Å². The Kier molecular flexibility index (Phi) is 16.2. The van der Waals surface area contributed by atoms with E-state index >= 15 is 0 Å². The van der Waals surface area contributed by atoms with Crippen molar-refractivity contribution in [3.63, 3.8) is 0 Å². The molecule has 0 unspecified atom stereocenters. The molecular formula is C15H30N2O6. The van der Waals surface area contributed by atoms with Crippen molar-refractivity contribution in [3.05, 3.63) is 0 Å². The van der Waals surface area contributed by atoms with E-state index in [1.165, 1.54) is 6.92 Å². The zero-order valence-corrected chi connectivity index (χ0v) is 14.2. The van der Waals surface area contributed by atoms with Gasteiger partial charge in [0.05, 0.1) is 46.2 Å². The zero-order chi connectivity index (χ0) is 17.2. The van der Waals surface area contributed by atoms with Crippen molar-refractivity contribution in [3.8, 4) is 0 Å². The summed E-state index contributed by atoms with van der Waals surface area (Å²) in [6.45, 7) is 8.30. The van der Waals surface area contributed by atoms with Gasteiger partial charge in [0.25, 0.3) is 0 Å². The normalized spacial score (nSPS) is 10.5. The average Bonchev–Trinajstić information content (AvgIpc) is 2.52. The highest BCUT2D eigenvalue weighted by molar-refractivity contribution is 5.75. The molecular weight excluding hydrogens is 304 g/mol. The Morgan fingerprint density at radius 1 is 0.739 bits per heavy atom. The molecule has 0 heterocycles. The van der Waals surface area contributed by atoms with Gasteiger partial charge in [0.15, 0.2) is 0 Å². The number of ether oxygens (including phenoxy) is 4. The minimum Gasteiger partial charge on any atom is -0.379 e. The average molecular weight is 334 g/mol. The summed E-state index contributed by atoms with van der Waals surface area (Å²) in [7, 11) is 0. The van der Waals surface area contributed by atoms with Crippen LogP contribution in [0, 0.1) is 0 Å². The third-order valence-electron chi connectivity index (χ3n) is 2.61. The van der Waals surface area contributed by atoms with Gasteiger partial charge >= 0.3 is 0 Å². The molecule has 0 radical (unpaired) electrons. The maximum atomic E-state index is 11.5. The van der Waals surface area contributed by atoms with Crippen LogP contribution in [0.2, 0.25) is 0 Å². The Morgan fingerprint density at radius 2 is 1.26 bits per heavy atom. The highest BCUT2D eigenvalue weighted by Gasteiger charge is 2.00. The molecule has 2 N–H and O–H groups in total. The van der Waals surface area contributed by atoms with E-state index in [1.54, 1.807) is 0 Å². The molecule has 0 saturated carbocycles. The molecule has 0 rings (SSSR count). The van der Waals surface area contributed by atoms with Gasteiger partial charge in [0.2, 0.25) is 11.8 Å². The second-order valence-electron chi connectivity index (χ2n) is 4.62. The number of hydrogen-bond donors (Lipinski definition) is 2. The highest BCUT2D eigenvalue weighted by atomic mass is 16.5.